The van der Waals surface area contributed by atoms with Gasteiger partial charge in [0.25, 0.3) is 0 Å². The van der Waals surface area contributed by atoms with Crippen LogP contribution >= 0.6 is 0 Å². The lowest BCUT2D eigenvalue weighted by molar-refractivity contribution is -0.117. The van der Waals surface area contributed by atoms with Crippen molar-refractivity contribution >= 4 is 17.8 Å². The second-order valence-electron chi connectivity index (χ2n) is 8.88. The van der Waals surface area contributed by atoms with E-state index in [0.717, 1.165) is 38.0 Å². The van der Waals surface area contributed by atoms with E-state index in [1.54, 1.807) is 36.4 Å². The number of piperidine rings is 1. The molecule has 2 aromatic rings. The van der Waals surface area contributed by atoms with Crippen LogP contribution in [0.4, 0.5) is 4.39 Å². The molecule has 6 heteroatoms. The second-order valence-corrected chi connectivity index (χ2v) is 8.88. The van der Waals surface area contributed by atoms with Gasteiger partial charge in [-0.1, -0.05) is 26.0 Å². The van der Waals surface area contributed by atoms with Gasteiger partial charge in [0.05, 0.1) is 11.6 Å². The minimum atomic E-state index is -0.339. The molecule has 0 saturated carbocycles. The average Bonchev–Trinajstić information content (AvgIpc) is 2.83. The highest BCUT2D eigenvalue weighted by Gasteiger charge is 2.28. The summed E-state index contributed by atoms with van der Waals surface area (Å²) in [4.78, 5) is 27.5. The Hall–Kier alpha value is -3.30. The number of nitrogens with zero attached hydrogens (tertiary/aromatic N) is 2. The second kappa shape index (κ2) is 11.5. The first-order valence-corrected chi connectivity index (χ1v) is 11.4. The zero-order valence-electron chi connectivity index (χ0n) is 19.1. The molecular formula is C27H30FN3O2. The van der Waals surface area contributed by atoms with Crippen molar-refractivity contribution in [3.05, 3.63) is 77.1 Å². The lowest BCUT2D eigenvalue weighted by Gasteiger charge is -2.35. The van der Waals surface area contributed by atoms with Crippen molar-refractivity contribution in [3.63, 3.8) is 0 Å². The summed E-state index contributed by atoms with van der Waals surface area (Å²) in [5.41, 5.74) is 1.92. The maximum atomic E-state index is 13.1. The fraction of sp³-hybridized carbons (Fsp3) is 0.370. The maximum absolute atomic E-state index is 13.1. The van der Waals surface area contributed by atoms with Crippen molar-refractivity contribution in [1.29, 1.82) is 5.26 Å². The number of carbonyl (C=O) groups is 2. The smallest absolute Gasteiger partial charge is 0.244 e. The molecule has 1 aliphatic heterocycles. The highest BCUT2D eigenvalue weighted by atomic mass is 19.1. The highest BCUT2D eigenvalue weighted by molar-refractivity contribution is 5.97. The van der Waals surface area contributed by atoms with Crippen LogP contribution in [0.25, 0.3) is 6.08 Å². The van der Waals surface area contributed by atoms with Gasteiger partial charge < -0.3 is 10.2 Å². The lowest BCUT2D eigenvalue weighted by Crippen LogP contribution is -2.48. The number of nitrogens with one attached hydrogen (secondary N) is 1. The summed E-state index contributed by atoms with van der Waals surface area (Å²) in [7, 11) is 0. The van der Waals surface area contributed by atoms with Gasteiger partial charge in [-0.05, 0) is 79.9 Å². The largest absolute Gasteiger partial charge is 0.348 e. The summed E-state index contributed by atoms with van der Waals surface area (Å²) in [5.74, 6) is -0.228. The third-order valence-electron chi connectivity index (χ3n) is 6.12. The van der Waals surface area contributed by atoms with Crippen LogP contribution in [0.5, 0.6) is 0 Å². The zero-order valence-corrected chi connectivity index (χ0v) is 19.1. The number of hydrogen-bond acceptors (Lipinski definition) is 4. The van der Waals surface area contributed by atoms with Gasteiger partial charge in [0.15, 0.2) is 5.78 Å². The Morgan fingerprint density at radius 2 is 1.88 bits per heavy atom. The van der Waals surface area contributed by atoms with E-state index in [4.69, 9.17) is 5.26 Å². The zero-order chi connectivity index (χ0) is 23.8. The molecule has 1 fully saturated rings. The van der Waals surface area contributed by atoms with Crippen molar-refractivity contribution in [2.24, 2.45) is 11.8 Å². The number of amides is 1. The third kappa shape index (κ3) is 7.10. The number of carbonyl (C=O) groups excluding carboxylic acids is 2. The Morgan fingerprint density at radius 3 is 2.52 bits per heavy atom. The predicted molar refractivity (Wildman–Crippen MR) is 127 cm³/mol. The Labute approximate surface area is 194 Å². The molecule has 1 aliphatic rings. The van der Waals surface area contributed by atoms with Crippen molar-refractivity contribution in [2.45, 2.75) is 32.7 Å². The third-order valence-corrected chi connectivity index (χ3v) is 6.12. The number of halogens is 1. The van der Waals surface area contributed by atoms with Crippen LogP contribution in [-0.2, 0) is 4.79 Å². The number of hydrogen-bond donors (Lipinski definition) is 1. The van der Waals surface area contributed by atoms with E-state index in [9.17, 15) is 14.0 Å². The summed E-state index contributed by atoms with van der Waals surface area (Å²) < 4.78 is 13.1. The minimum Gasteiger partial charge on any atom is -0.348 e. The predicted octanol–water partition coefficient (Wildman–Crippen LogP) is 4.45. The van der Waals surface area contributed by atoms with E-state index in [0.29, 0.717) is 11.1 Å². The molecule has 5 nitrogen and oxygen atoms in total. The van der Waals surface area contributed by atoms with Crippen LogP contribution in [0, 0.1) is 29.0 Å². The lowest BCUT2D eigenvalue weighted by atomic mass is 9.88. The number of nitriles is 1. The SMILES string of the molecule is CC(C)C(CN1CCC(C(=O)c2ccc(F)cc2)CC1)NC(=O)/C=C/c1cccc(C#N)c1. The summed E-state index contributed by atoms with van der Waals surface area (Å²) in [5, 5.41) is 12.1. The van der Waals surface area contributed by atoms with E-state index in [-0.39, 0.29) is 35.4 Å². The summed E-state index contributed by atoms with van der Waals surface area (Å²) in [6, 6.07) is 14.9. The van der Waals surface area contributed by atoms with Gasteiger partial charge >= 0.3 is 0 Å². The standard InChI is InChI=1S/C27H30FN3O2/c1-19(2)25(30-26(32)11-6-20-4-3-5-21(16-20)17-29)18-31-14-12-23(13-15-31)27(33)22-7-9-24(28)10-8-22/h3-11,16,19,23,25H,12-15,18H2,1-2H3,(H,30,32)/b11-6+. The molecule has 1 saturated heterocycles. The molecule has 2 aromatic carbocycles. The number of ketones is 1. The van der Waals surface area contributed by atoms with Gasteiger partial charge in [0.1, 0.15) is 5.82 Å². The first-order chi connectivity index (χ1) is 15.9. The Morgan fingerprint density at radius 1 is 1.18 bits per heavy atom. The van der Waals surface area contributed by atoms with Gasteiger partial charge in [-0.3, -0.25) is 9.59 Å². The Balaban J connectivity index is 1.51. The van der Waals surface area contributed by atoms with E-state index >= 15 is 0 Å². The van der Waals surface area contributed by atoms with Crippen molar-refractivity contribution in [3.8, 4) is 6.07 Å². The van der Waals surface area contributed by atoms with Gasteiger partial charge in [0.2, 0.25) is 5.91 Å². The molecule has 1 N–H and O–H groups in total. The number of benzene rings is 2. The normalized spacial score (nSPS) is 16.0. The van der Waals surface area contributed by atoms with E-state index in [2.05, 4.69) is 30.1 Å². The Bertz CT molecular complexity index is 1030. The van der Waals surface area contributed by atoms with Crippen LogP contribution in [0.3, 0.4) is 0 Å². The molecule has 0 bridgehead atoms. The van der Waals surface area contributed by atoms with Gasteiger partial charge in [0, 0.05) is 30.1 Å². The molecule has 172 valence electrons. The van der Waals surface area contributed by atoms with Crippen LogP contribution in [0.2, 0.25) is 0 Å². The molecule has 3 rings (SSSR count). The molecule has 0 aromatic heterocycles. The van der Waals surface area contributed by atoms with Crippen LogP contribution in [-0.4, -0.2) is 42.3 Å². The average molecular weight is 448 g/mol. The number of Topliss-reactive ketones (excluding diaryl/α,β-unsaturated/α-hetero) is 1. The van der Waals surface area contributed by atoms with Crippen LogP contribution < -0.4 is 5.32 Å². The van der Waals surface area contributed by atoms with E-state index in [1.807, 2.05) is 6.07 Å². The molecule has 0 radical (unpaired) electrons. The summed E-state index contributed by atoms with van der Waals surface area (Å²) in [6.07, 6.45) is 4.72. The van der Waals surface area contributed by atoms with Gasteiger partial charge in [-0.15, -0.1) is 0 Å². The summed E-state index contributed by atoms with van der Waals surface area (Å²) in [6.45, 7) is 6.45. The molecule has 0 spiro atoms. The van der Waals surface area contributed by atoms with Crippen LogP contribution in [0.15, 0.2) is 54.6 Å². The monoisotopic (exact) mass is 447 g/mol. The number of rotatable bonds is 8. The van der Waals surface area contributed by atoms with Crippen molar-refractivity contribution < 1.29 is 14.0 Å². The highest BCUT2D eigenvalue weighted by Crippen LogP contribution is 2.22. The molecule has 0 aliphatic carbocycles. The molecular weight excluding hydrogens is 417 g/mol. The molecule has 1 heterocycles. The first-order valence-electron chi connectivity index (χ1n) is 11.4. The Kier molecular flexibility index (Phi) is 8.51. The maximum Gasteiger partial charge on any atom is 0.244 e. The minimum absolute atomic E-state index is 0.0167. The fourth-order valence-electron chi connectivity index (χ4n) is 4.04. The molecule has 1 unspecified atom stereocenters. The van der Waals surface area contributed by atoms with E-state index < -0.39 is 0 Å². The van der Waals surface area contributed by atoms with E-state index in [1.165, 1.54) is 18.2 Å². The quantitative estimate of drug-likeness (QED) is 0.479. The fourth-order valence-corrected chi connectivity index (χ4v) is 4.04. The van der Waals surface area contributed by atoms with Crippen molar-refractivity contribution in [1.82, 2.24) is 10.2 Å². The van der Waals surface area contributed by atoms with Crippen LogP contribution in [0.1, 0.15) is 48.2 Å². The van der Waals surface area contributed by atoms with Crippen molar-refractivity contribution in [2.75, 3.05) is 19.6 Å². The topological polar surface area (TPSA) is 73.2 Å². The number of likely N-dealkylation sites (tertiary alicyclic amines) is 1. The van der Waals surface area contributed by atoms with Gasteiger partial charge in [-0.2, -0.15) is 5.26 Å². The molecule has 33 heavy (non-hydrogen) atoms. The molecule has 1 amide bonds. The van der Waals surface area contributed by atoms with Gasteiger partial charge in [-0.25, -0.2) is 4.39 Å². The molecule has 1 atom stereocenters. The summed E-state index contributed by atoms with van der Waals surface area (Å²) >= 11 is 0. The first kappa shape index (κ1) is 24.3.